The number of methoxy groups -OCH3 is 1. The Balaban J connectivity index is 2.29. The number of carbonyl (C=O) groups excluding carboxylic acids is 1. The lowest BCUT2D eigenvalue weighted by molar-refractivity contribution is -0.111. The van der Waals surface area contributed by atoms with Crippen LogP contribution in [0.25, 0.3) is 6.08 Å². The number of amides is 1. The van der Waals surface area contributed by atoms with Crippen LogP contribution >= 0.6 is 0 Å². The average Bonchev–Trinajstić information content (AvgIpc) is 2.59. The summed E-state index contributed by atoms with van der Waals surface area (Å²) < 4.78 is 79.1. The zero-order valence-corrected chi connectivity index (χ0v) is 14.6. The highest BCUT2D eigenvalue weighted by molar-refractivity contribution is 7.92. The van der Waals surface area contributed by atoms with Gasteiger partial charge in [-0.25, -0.2) is 12.8 Å². The predicted molar refractivity (Wildman–Crippen MR) is 90.3 cm³/mol. The molecular weight excluding hydrogens is 390 g/mol. The molecule has 1 amide bonds. The van der Waals surface area contributed by atoms with Crippen molar-refractivity contribution in [2.75, 3.05) is 12.4 Å². The van der Waals surface area contributed by atoms with Crippen LogP contribution in [0.15, 0.2) is 53.4 Å². The maximum absolute atomic E-state index is 13.1. The van der Waals surface area contributed by atoms with Gasteiger partial charge >= 0.3 is 5.51 Å². The molecule has 27 heavy (non-hydrogen) atoms. The largest absolute Gasteiger partial charge is 0.501 e. The van der Waals surface area contributed by atoms with E-state index in [-0.39, 0.29) is 11.4 Å². The van der Waals surface area contributed by atoms with Crippen molar-refractivity contribution in [2.24, 2.45) is 0 Å². The van der Waals surface area contributed by atoms with E-state index < -0.39 is 32.0 Å². The SMILES string of the molecule is COc1ccc(S(=O)(=O)C(F)(F)F)cc1NC(=O)/C=C/c1cccc(F)c1. The maximum atomic E-state index is 13.1. The third-order valence-corrected chi connectivity index (χ3v) is 4.80. The summed E-state index contributed by atoms with van der Waals surface area (Å²) in [6.07, 6.45) is 2.29. The molecular formula is C17H13F4NO4S. The van der Waals surface area contributed by atoms with Gasteiger partial charge < -0.3 is 10.1 Å². The standard InChI is InChI=1S/C17H13F4NO4S/c1-26-15-7-6-13(27(24,25)17(19,20)21)10-14(15)22-16(23)8-5-11-3-2-4-12(18)9-11/h2-10H,1H3,(H,22,23)/b8-5+. The first kappa shape index (κ1) is 20.4. The molecule has 0 aliphatic heterocycles. The Hall–Kier alpha value is -2.88. The quantitative estimate of drug-likeness (QED) is 0.609. The van der Waals surface area contributed by atoms with Crippen molar-refractivity contribution in [3.8, 4) is 5.75 Å². The van der Waals surface area contributed by atoms with Crippen LogP contribution < -0.4 is 10.1 Å². The third kappa shape index (κ3) is 4.85. The third-order valence-electron chi connectivity index (χ3n) is 3.32. The normalized spacial score (nSPS) is 12.2. The Labute approximate surface area is 152 Å². The molecule has 0 bridgehead atoms. The molecule has 0 aliphatic rings. The van der Waals surface area contributed by atoms with Gasteiger partial charge in [-0.3, -0.25) is 4.79 Å². The lowest BCUT2D eigenvalue weighted by Crippen LogP contribution is -2.23. The highest BCUT2D eigenvalue weighted by Gasteiger charge is 2.47. The molecule has 0 aliphatic carbocycles. The second kappa shape index (κ2) is 7.78. The molecule has 2 rings (SSSR count). The average molecular weight is 403 g/mol. The smallest absolute Gasteiger partial charge is 0.495 e. The van der Waals surface area contributed by atoms with Gasteiger partial charge in [0.25, 0.3) is 9.84 Å². The number of ether oxygens (including phenoxy) is 1. The van der Waals surface area contributed by atoms with Crippen molar-refractivity contribution in [3.63, 3.8) is 0 Å². The number of benzene rings is 2. The number of sulfone groups is 1. The minimum absolute atomic E-state index is 0.0383. The van der Waals surface area contributed by atoms with E-state index in [0.717, 1.165) is 18.2 Å². The summed E-state index contributed by atoms with van der Waals surface area (Å²) in [5, 5.41) is 2.23. The molecule has 0 heterocycles. The van der Waals surface area contributed by atoms with Crippen LogP contribution in [0.3, 0.4) is 0 Å². The molecule has 0 spiro atoms. The van der Waals surface area contributed by atoms with E-state index >= 15 is 0 Å². The summed E-state index contributed by atoms with van der Waals surface area (Å²) in [7, 11) is -4.39. The van der Waals surface area contributed by atoms with E-state index in [2.05, 4.69) is 5.32 Å². The van der Waals surface area contributed by atoms with Crippen molar-refractivity contribution in [3.05, 3.63) is 59.9 Å². The first-order chi connectivity index (χ1) is 12.5. The number of hydrogen-bond donors (Lipinski definition) is 1. The number of hydrogen-bond acceptors (Lipinski definition) is 4. The zero-order valence-electron chi connectivity index (χ0n) is 13.7. The lowest BCUT2D eigenvalue weighted by Gasteiger charge is -2.13. The van der Waals surface area contributed by atoms with E-state index in [1.165, 1.54) is 37.5 Å². The minimum Gasteiger partial charge on any atom is -0.495 e. The Morgan fingerprint density at radius 3 is 2.44 bits per heavy atom. The van der Waals surface area contributed by atoms with Crippen molar-refractivity contribution in [1.82, 2.24) is 0 Å². The van der Waals surface area contributed by atoms with Gasteiger partial charge in [-0.1, -0.05) is 12.1 Å². The molecule has 0 radical (unpaired) electrons. The summed E-state index contributed by atoms with van der Waals surface area (Å²) in [5.74, 6) is -1.33. The van der Waals surface area contributed by atoms with Crippen LogP contribution in [-0.2, 0) is 14.6 Å². The van der Waals surface area contributed by atoms with Crippen molar-refractivity contribution >= 4 is 27.5 Å². The summed E-state index contributed by atoms with van der Waals surface area (Å²) in [6.45, 7) is 0. The molecule has 144 valence electrons. The van der Waals surface area contributed by atoms with Gasteiger partial charge in [0.05, 0.1) is 17.7 Å². The fourth-order valence-electron chi connectivity index (χ4n) is 2.04. The monoisotopic (exact) mass is 403 g/mol. The molecule has 10 heteroatoms. The van der Waals surface area contributed by atoms with E-state index in [1.807, 2.05) is 0 Å². The number of alkyl halides is 3. The Bertz CT molecular complexity index is 985. The van der Waals surface area contributed by atoms with Gasteiger partial charge in [0.1, 0.15) is 11.6 Å². The summed E-state index contributed by atoms with van der Waals surface area (Å²) >= 11 is 0. The van der Waals surface area contributed by atoms with Gasteiger partial charge in [-0.15, -0.1) is 0 Å². The Morgan fingerprint density at radius 1 is 1.15 bits per heavy atom. The highest BCUT2D eigenvalue weighted by atomic mass is 32.2. The molecule has 0 aromatic heterocycles. The number of carbonyl (C=O) groups is 1. The van der Waals surface area contributed by atoms with E-state index in [1.54, 1.807) is 0 Å². The minimum atomic E-state index is -5.59. The van der Waals surface area contributed by atoms with Crippen LogP contribution in [0.1, 0.15) is 5.56 Å². The topological polar surface area (TPSA) is 72.5 Å². The first-order valence-electron chi connectivity index (χ1n) is 7.28. The van der Waals surface area contributed by atoms with E-state index in [4.69, 9.17) is 4.74 Å². The van der Waals surface area contributed by atoms with Crippen LogP contribution in [-0.4, -0.2) is 26.9 Å². The van der Waals surface area contributed by atoms with E-state index in [9.17, 15) is 30.8 Å². The molecule has 0 saturated heterocycles. The van der Waals surface area contributed by atoms with Crippen molar-refractivity contribution in [1.29, 1.82) is 0 Å². The van der Waals surface area contributed by atoms with Crippen LogP contribution in [0.5, 0.6) is 5.75 Å². The van der Waals surface area contributed by atoms with Gasteiger partial charge in [0.15, 0.2) is 0 Å². The molecule has 1 N–H and O–H groups in total. The van der Waals surface area contributed by atoms with Gasteiger partial charge in [0, 0.05) is 6.08 Å². The van der Waals surface area contributed by atoms with E-state index in [0.29, 0.717) is 11.6 Å². The fraction of sp³-hybridized carbons (Fsp3) is 0.118. The summed E-state index contributed by atoms with van der Waals surface area (Å²) in [4.78, 5) is 10.9. The van der Waals surface area contributed by atoms with Crippen LogP contribution in [0, 0.1) is 5.82 Å². The summed E-state index contributed by atoms with van der Waals surface area (Å²) in [6, 6.07) is 7.71. The van der Waals surface area contributed by atoms with Crippen LogP contribution in [0.2, 0.25) is 0 Å². The van der Waals surface area contributed by atoms with Crippen LogP contribution in [0.4, 0.5) is 23.2 Å². The molecule has 0 unspecified atom stereocenters. The number of anilines is 1. The predicted octanol–water partition coefficient (Wildman–Crippen LogP) is 3.78. The second-order valence-electron chi connectivity index (χ2n) is 5.19. The molecule has 0 saturated carbocycles. The van der Waals surface area contributed by atoms with Crippen molar-refractivity contribution in [2.45, 2.75) is 10.4 Å². The molecule has 0 fully saturated rings. The molecule has 5 nitrogen and oxygen atoms in total. The Morgan fingerprint density at radius 2 is 1.85 bits per heavy atom. The Kier molecular flexibility index (Phi) is 5.89. The fourth-order valence-corrected chi connectivity index (χ4v) is 2.83. The summed E-state index contributed by atoms with van der Waals surface area (Å²) in [5.41, 5.74) is -5.37. The molecule has 0 atom stereocenters. The number of rotatable bonds is 5. The highest BCUT2D eigenvalue weighted by Crippen LogP contribution is 2.34. The lowest BCUT2D eigenvalue weighted by atomic mass is 10.2. The molecule has 2 aromatic carbocycles. The van der Waals surface area contributed by atoms with Gasteiger partial charge in [-0.2, -0.15) is 13.2 Å². The van der Waals surface area contributed by atoms with Gasteiger partial charge in [0.2, 0.25) is 5.91 Å². The number of halogens is 4. The first-order valence-corrected chi connectivity index (χ1v) is 8.77. The maximum Gasteiger partial charge on any atom is 0.501 e. The van der Waals surface area contributed by atoms with Gasteiger partial charge in [-0.05, 0) is 42.0 Å². The zero-order chi connectivity index (χ0) is 20.2. The second-order valence-corrected chi connectivity index (χ2v) is 7.13. The van der Waals surface area contributed by atoms with Crippen molar-refractivity contribution < 1.29 is 35.5 Å². The number of nitrogens with one attached hydrogen (secondary N) is 1. The molecule has 2 aromatic rings.